The lowest BCUT2D eigenvalue weighted by atomic mass is 9.90. The van der Waals surface area contributed by atoms with Gasteiger partial charge in [-0.2, -0.15) is 0 Å². The van der Waals surface area contributed by atoms with E-state index in [0.717, 1.165) is 25.1 Å². The van der Waals surface area contributed by atoms with E-state index < -0.39 is 0 Å². The number of rotatable bonds is 4. The van der Waals surface area contributed by atoms with Gasteiger partial charge in [0.25, 0.3) is 0 Å². The van der Waals surface area contributed by atoms with Crippen LogP contribution in [-0.2, 0) is 11.3 Å². The molecule has 5 heteroatoms. The van der Waals surface area contributed by atoms with Crippen molar-refractivity contribution in [2.75, 3.05) is 6.54 Å². The van der Waals surface area contributed by atoms with Crippen molar-refractivity contribution in [3.63, 3.8) is 0 Å². The topological polar surface area (TPSA) is 54.0 Å². The van der Waals surface area contributed by atoms with E-state index in [4.69, 9.17) is 0 Å². The summed E-state index contributed by atoms with van der Waals surface area (Å²) in [7, 11) is 0. The van der Waals surface area contributed by atoms with Crippen molar-refractivity contribution < 1.29 is 4.79 Å². The summed E-state index contributed by atoms with van der Waals surface area (Å²) in [6, 6.07) is -0.0210. The molecule has 1 fully saturated rings. The van der Waals surface area contributed by atoms with Crippen molar-refractivity contribution in [2.24, 2.45) is 5.92 Å². The van der Waals surface area contributed by atoms with E-state index in [0.29, 0.717) is 12.5 Å². The molecule has 0 aromatic carbocycles. The van der Waals surface area contributed by atoms with Crippen LogP contribution in [0.3, 0.4) is 0 Å². The summed E-state index contributed by atoms with van der Waals surface area (Å²) in [5, 5.41) is 8.19. The third kappa shape index (κ3) is 3.51. The number of thiazole rings is 1. The molecule has 0 spiro atoms. The first kappa shape index (κ1) is 12.5. The van der Waals surface area contributed by atoms with Crippen molar-refractivity contribution in [1.82, 2.24) is 15.6 Å². The third-order valence-electron chi connectivity index (χ3n) is 3.33. The zero-order chi connectivity index (χ0) is 12.1. The number of carbonyl (C=O) groups is 1. The van der Waals surface area contributed by atoms with E-state index in [-0.39, 0.29) is 11.9 Å². The maximum absolute atomic E-state index is 12.0. The van der Waals surface area contributed by atoms with Crippen LogP contribution < -0.4 is 10.6 Å². The van der Waals surface area contributed by atoms with E-state index in [1.165, 1.54) is 6.42 Å². The fourth-order valence-corrected chi connectivity index (χ4v) is 2.75. The Labute approximate surface area is 106 Å². The van der Waals surface area contributed by atoms with Gasteiger partial charge in [0.2, 0.25) is 5.91 Å². The first-order valence-electron chi connectivity index (χ1n) is 6.17. The van der Waals surface area contributed by atoms with Gasteiger partial charge in [0.05, 0.1) is 23.8 Å². The molecule has 0 bridgehead atoms. The summed E-state index contributed by atoms with van der Waals surface area (Å²) < 4.78 is 0. The minimum atomic E-state index is -0.0210. The number of hydrogen-bond acceptors (Lipinski definition) is 4. The monoisotopic (exact) mass is 253 g/mol. The molecule has 1 aromatic heterocycles. The van der Waals surface area contributed by atoms with E-state index >= 15 is 0 Å². The van der Waals surface area contributed by atoms with Crippen LogP contribution in [0.25, 0.3) is 0 Å². The fourth-order valence-electron chi connectivity index (χ4n) is 2.19. The molecule has 2 atom stereocenters. The van der Waals surface area contributed by atoms with Crippen LogP contribution >= 0.6 is 11.3 Å². The molecule has 1 aliphatic rings. The maximum Gasteiger partial charge on any atom is 0.237 e. The Balaban J connectivity index is 1.79. The Morgan fingerprint density at radius 1 is 1.71 bits per heavy atom. The third-order valence-corrected chi connectivity index (χ3v) is 3.97. The highest BCUT2D eigenvalue weighted by Gasteiger charge is 2.25. The van der Waals surface area contributed by atoms with E-state index in [2.05, 4.69) is 22.5 Å². The van der Waals surface area contributed by atoms with Crippen molar-refractivity contribution >= 4 is 17.2 Å². The van der Waals surface area contributed by atoms with Gasteiger partial charge in [-0.1, -0.05) is 13.3 Å². The van der Waals surface area contributed by atoms with Crippen LogP contribution in [0.2, 0.25) is 0 Å². The van der Waals surface area contributed by atoms with Gasteiger partial charge in [-0.05, 0) is 25.3 Å². The Kier molecular flexibility index (Phi) is 4.50. The number of hydrogen-bond donors (Lipinski definition) is 2. The van der Waals surface area contributed by atoms with Crippen LogP contribution in [0.15, 0.2) is 10.9 Å². The summed E-state index contributed by atoms with van der Waals surface area (Å²) >= 11 is 1.55. The molecule has 1 amide bonds. The first-order valence-corrected chi connectivity index (χ1v) is 7.12. The van der Waals surface area contributed by atoms with Crippen molar-refractivity contribution in [1.29, 1.82) is 0 Å². The normalized spacial score (nSPS) is 24.5. The highest BCUT2D eigenvalue weighted by molar-refractivity contribution is 7.07. The number of amides is 1. The van der Waals surface area contributed by atoms with Gasteiger partial charge in [0, 0.05) is 5.38 Å². The summed E-state index contributed by atoms with van der Waals surface area (Å²) in [6.07, 6.45) is 3.31. The molecule has 94 valence electrons. The number of piperidine rings is 1. The molecule has 2 N–H and O–H groups in total. The number of nitrogens with zero attached hydrogens (tertiary/aromatic N) is 1. The lowest BCUT2D eigenvalue weighted by molar-refractivity contribution is -0.124. The highest BCUT2D eigenvalue weighted by Crippen LogP contribution is 2.19. The average Bonchev–Trinajstić information content (AvgIpc) is 2.89. The lowest BCUT2D eigenvalue weighted by Gasteiger charge is -2.28. The van der Waals surface area contributed by atoms with Crippen LogP contribution in [0.5, 0.6) is 0 Å². The largest absolute Gasteiger partial charge is 0.349 e. The average molecular weight is 253 g/mol. The van der Waals surface area contributed by atoms with Gasteiger partial charge in [0.15, 0.2) is 0 Å². The Morgan fingerprint density at radius 3 is 3.29 bits per heavy atom. The number of nitrogens with one attached hydrogen (secondary N) is 2. The summed E-state index contributed by atoms with van der Waals surface area (Å²) in [6.45, 7) is 3.69. The summed E-state index contributed by atoms with van der Waals surface area (Å²) in [5.74, 6) is 0.794. The number of carbonyl (C=O) groups excluding carboxylic acids is 1. The van der Waals surface area contributed by atoms with Crippen molar-refractivity contribution in [3.05, 3.63) is 16.6 Å². The summed E-state index contributed by atoms with van der Waals surface area (Å²) in [4.78, 5) is 16.1. The lowest BCUT2D eigenvalue weighted by Crippen LogP contribution is -2.48. The predicted octanol–water partition coefficient (Wildman–Crippen LogP) is 1.54. The van der Waals surface area contributed by atoms with Crippen LogP contribution in [0, 0.1) is 5.92 Å². The predicted molar refractivity (Wildman–Crippen MR) is 68.8 cm³/mol. The first-order chi connectivity index (χ1) is 8.29. The molecule has 1 aliphatic heterocycles. The van der Waals surface area contributed by atoms with Crippen LogP contribution in [0.4, 0.5) is 0 Å². The molecule has 2 rings (SSSR count). The zero-order valence-corrected chi connectivity index (χ0v) is 10.9. The van der Waals surface area contributed by atoms with E-state index in [1.807, 2.05) is 5.38 Å². The second kappa shape index (κ2) is 6.12. The molecule has 0 radical (unpaired) electrons. The fraction of sp³-hybridized carbons (Fsp3) is 0.667. The molecule has 2 heterocycles. The second-order valence-electron chi connectivity index (χ2n) is 4.50. The molecule has 1 aromatic rings. The minimum absolute atomic E-state index is 0.0210. The standard InChI is InChI=1S/C12H19N3OS/c1-2-9-3-4-13-11(5-9)12(16)14-6-10-7-17-8-15-10/h7-9,11,13H,2-6H2,1H3,(H,14,16). The number of aromatic nitrogens is 1. The minimum Gasteiger partial charge on any atom is -0.349 e. The molecule has 4 nitrogen and oxygen atoms in total. The molecule has 0 aliphatic carbocycles. The van der Waals surface area contributed by atoms with Crippen molar-refractivity contribution in [2.45, 2.75) is 38.8 Å². The van der Waals surface area contributed by atoms with Gasteiger partial charge < -0.3 is 10.6 Å². The molecule has 1 saturated heterocycles. The van der Waals surface area contributed by atoms with Gasteiger partial charge >= 0.3 is 0 Å². The molecule has 2 unspecified atom stereocenters. The van der Waals surface area contributed by atoms with Gasteiger partial charge in [0.1, 0.15) is 0 Å². The van der Waals surface area contributed by atoms with Gasteiger partial charge in [-0.3, -0.25) is 4.79 Å². The van der Waals surface area contributed by atoms with E-state index in [1.54, 1.807) is 16.8 Å². The Bertz CT molecular complexity index is 353. The quantitative estimate of drug-likeness (QED) is 0.856. The maximum atomic E-state index is 12.0. The highest BCUT2D eigenvalue weighted by atomic mass is 32.1. The zero-order valence-electron chi connectivity index (χ0n) is 10.1. The Morgan fingerprint density at radius 2 is 2.59 bits per heavy atom. The van der Waals surface area contributed by atoms with E-state index in [9.17, 15) is 4.79 Å². The molecular formula is C12H19N3OS. The van der Waals surface area contributed by atoms with Gasteiger partial charge in [-0.15, -0.1) is 11.3 Å². The van der Waals surface area contributed by atoms with Crippen molar-refractivity contribution in [3.8, 4) is 0 Å². The second-order valence-corrected chi connectivity index (χ2v) is 5.22. The molecular weight excluding hydrogens is 234 g/mol. The smallest absolute Gasteiger partial charge is 0.237 e. The summed E-state index contributed by atoms with van der Waals surface area (Å²) in [5.41, 5.74) is 2.72. The van der Waals surface area contributed by atoms with Gasteiger partial charge in [-0.25, -0.2) is 4.98 Å². The SMILES string of the molecule is CCC1CCNC(C(=O)NCc2cscn2)C1. The molecule has 0 saturated carbocycles. The Hall–Kier alpha value is -0.940. The van der Waals surface area contributed by atoms with Crippen LogP contribution in [0.1, 0.15) is 31.9 Å². The molecule has 17 heavy (non-hydrogen) atoms. The van der Waals surface area contributed by atoms with Crippen LogP contribution in [-0.4, -0.2) is 23.5 Å².